The van der Waals surface area contributed by atoms with Gasteiger partial charge in [0.25, 0.3) is 0 Å². The predicted molar refractivity (Wildman–Crippen MR) is 56.1 cm³/mol. The molecule has 0 saturated heterocycles. The summed E-state index contributed by atoms with van der Waals surface area (Å²) in [6.07, 6.45) is 0. The molecule has 1 N–H and O–H groups in total. The molecule has 0 heterocycles. The first-order valence-electron chi connectivity index (χ1n) is 3.59. The van der Waals surface area contributed by atoms with Crippen molar-refractivity contribution in [2.24, 2.45) is 0 Å². The summed E-state index contributed by atoms with van der Waals surface area (Å²) in [5, 5.41) is 3.04. The van der Waals surface area contributed by atoms with Gasteiger partial charge in [0, 0.05) is 23.3 Å². The van der Waals surface area contributed by atoms with Crippen LogP contribution in [0.1, 0.15) is 6.92 Å². The highest BCUT2D eigenvalue weighted by Gasteiger charge is 2.04. The van der Waals surface area contributed by atoms with Crippen molar-refractivity contribution in [1.29, 1.82) is 0 Å². The van der Waals surface area contributed by atoms with Crippen LogP contribution in [-0.2, 0) is 9.84 Å². The van der Waals surface area contributed by atoms with E-state index in [0.29, 0.717) is 6.54 Å². The zero-order chi connectivity index (χ0) is 8.74. The minimum Gasteiger partial charge on any atom is -0.315 e. The Balaban J connectivity index is 3.39. The molecule has 0 radical (unpaired) electrons. The fourth-order valence-electron chi connectivity index (χ4n) is 0.564. The van der Waals surface area contributed by atoms with Crippen molar-refractivity contribution in [2.75, 3.05) is 29.0 Å². The van der Waals surface area contributed by atoms with E-state index >= 15 is 0 Å². The molecule has 0 spiro atoms. The van der Waals surface area contributed by atoms with E-state index < -0.39 is 9.84 Å². The Kier molecular flexibility index (Phi) is 6.55. The largest absolute Gasteiger partial charge is 0.315 e. The second-order valence-electron chi connectivity index (χ2n) is 2.18. The molecule has 0 amide bonds. The number of halogens is 1. The Bertz CT molecular complexity index is 179. The van der Waals surface area contributed by atoms with Gasteiger partial charge in [-0.1, -0.05) is 29.5 Å². The Morgan fingerprint density at radius 3 is 2.45 bits per heavy atom. The number of hydrogen-bond acceptors (Lipinski definition) is 3. The van der Waals surface area contributed by atoms with Crippen molar-refractivity contribution in [3.63, 3.8) is 0 Å². The Morgan fingerprint density at radius 2 is 2.00 bits per heavy atom. The quantitative estimate of drug-likeness (QED) is 0.439. The maximum atomic E-state index is 10.9. The molecule has 0 aromatic heterocycles. The lowest BCUT2D eigenvalue weighted by molar-refractivity contribution is 0.593. The molecule has 0 aliphatic rings. The third-order valence-corrected chi connectivity index (χ3v) is 3.55. The third kappa shape index (κ3) is 7.02. The van der Waals surface area contributed by atoms with E-state index in [1.54, 1.807) is 6.92 Å². The summed E-state index contributed by atoms with van der Waals surface area (Å²) < 4.78 is 22.9. The first-order valence-corrected chi connectivity index (χ1v) is 6.94. The fourth-order valence-corrected chi connectivity index (χ4v) is 1.69. The fraction of sp³-hybridized carbons (Fsp3) is 1.00. The molecule has 0 fully saturated rings. The van der Waals surface area contributed by atoms with E-state index in [1.165, 1.54) is 0 Å². The smallest absolute Gasteiger partial charge is 0.151 e. The molecule has 0 unspecified atom stereocenters. The number of alkyl halides is 1. The molecule has 0 atom stereocenters. The van der Waals surface area contributed by atoms with Crippen molar-refractivity contribution >= 4 is 32.4 Å². The van der Waals surface area contributed by atoms with Crippen LogP contribution in [0.2, 0.25) is 0 Å². The molecule has 0 aliphatic heterocycles. The van der Waals surface area contributed by atoms with Gasteiger partial charge in [-0.3, -0.25) is 0 Å². The van der Waals surface area contributed by atoms with Crippen LogP contribution in [0.5, 0.6) is 0 Å². The number of sulfone groups is 1. The van der Waals surface area contributed by atoms with Gasteiger partial charge in [-0.15, -0.1) is 0 Å². The van der Waals surface area contributed by atoms with E-state index in [-0.39, 0.29) is 11.5 Å². The Labute approximate surface area is 82.0 Å². The Hall–Kier alpha value is 0.640. The number of hydrogen-bond donors (Lipinski definition) is 1. The third-order valence-electron chi connectivity index (χ3n) is 1.30. The van der Waals surface area contributed by atoms with Crippen molar-refractivity contribution in [3.8, 4) is 0 Å². The number of rotatable bonds is 6. The Morgan fingerprint density at radius 1 is 1.36 bits per heavy atom. The highest BCUT2D eigenvalue weighted by Crippen LogP contribution is 1.86. The van der Waals surface area contributed by atoms with Gasteiger partial charge in [-0.25, -0.2) is 8.42 Å². The highest BCUT2D eigenvalue weighted by atomic mass is 127. The van der Waals surface area contributed by atoms with Crippen LogP contribution in [0.4, 0.5) is 0 Å². The summed E-state index contributed by atoms with van der Waals surface area (Å²) in [5.41, 5.74) is 0. The highest BCUT2D eigenvalue weighted by molar-refractivity contribution is 14.1. The minimum absolute atomic E-state index is 0.249. The molecule has 0 aliphatic carbocycles. The molecule has 0 rings (SSSR count). The van der Waals surface area contributed by atoms with E-state index in [9.17, 15) is 8.42 Å². The lowest BCUT2D eigenvalue weighted by Gasteiger charge is -2.01. The summed E-state index contributed by atoms with van der Waals surface area (Å²) in [6, 6.07) is 0. The first-order chi connectivity index (χ1) is 5.12. The SMILES string of the molecule is CCS(=O)(=O)CCNCCI. The molecule has 3 nitrogen and oxygen atoms in total. The lowest BCUT2D eigenvalue weighted by Crippen LogP contribution is -2.25. The zero-order valence-electron chi connectivity index (χ0n) is 6.64. The van der Waals surface area contributed by atoms with Crippen LogP contribution in [-0.4, -0.2) is 37.4 Å². The maximum Gasteiger partial charge on any atom is 0.151 e. The summed E-state index contributed by atoms with van der Waals surface area (Å²) in [4.78, 5) is 0. The van der Waals surface area contributed by atoms with Gasteiger partial charge in [0.2, 0.25) is 0 Å². The molecule has 5 heteroatoms. The van der Waals surface area contributed by atoms with Crippen LogP contribution >= 0.6 is 22.6 Å². The standard InChI is InChI=1S/C6H14INO2S/c1-2-11(9,10)6-5-8-4-3-7/h8H,2-6H2,1H3. The van der Waals surface area contributed by atoms with Crippen molar-refractivity contribution in [1.82, 2.24) is 5.32 Å². The molecule has 0 aromatic rings. The van der Waals surface area contributed by atoms with Crippen LogP contribution in [0.15, 0.2) is 0 Å². The second-order valence-corrected chi connectivity index (χ2v) is 5.73. The molecule has 11 heavy (non-hydrogen) atoms. The van der Waals surface area contributed by atoms with Crippen LogP contribution < -0.4 is 5.32 Å². The molecular weight excluding hydrogens is 277 g/mol. The van der Waals surface area contributed by atoms with Crippen molar-refractivity contribution < 1.29 is 8.42 Å². The van der Waals surface area contributed by atoms with Gasteiger partial charge in [-0.05, 0) is 0 Å². The summed E-state index contributed by atoms with van der Waals surface area (Å²) in [6.45, 7) is 3.15. The minimum atomic E-state index is -2.76. The van der Waals surface area contributed by atoms with E-state index in [2.05, 4.69) is 27.9 Å². The van der Waals surface area contributed by atoms with Crippen LogP contribution in [0.25, 0.3) is 0 Å². The van der Waals surface area contributed by atoms with E-state index in [0.717, 1.165) is 11.0 Å². The second kappa shape index (κ2) is 6.19. The van der Waals surface area contributed by atoms with E-state index in [1.807, 2.05) is 0 Å². The average Bonchev–Trinajstić information content (AvgIpc) is 1.99. The maximum absolute atomic E-state index is 10.9. The van der Waals surface area contributed by atoms with Crippen LogP contribution in [0, 0.1) is 0 Å². The normalized spacial score (nSPS) is 11.8. The molecule has 0 bridgehead atoms. The van der Waals surface area contributed by atoms with Gasteiger partial charge in [0.15, 0.2) is 9.84 Å². The van der Waals surface area contributed by atoms with Crippen LogP contribution in [0.3, 0.4) is 0 Å². The summed E-state index contributed by atoms with van der Waals surface area (Å²) in [7, 11) is -2.76. The average molecular weight is 291 g/mol. The van der Waals surface area contributed by atoms with Crippen molar-refractivity contribution in [3.05, 3.63) is 0 Å². The molecule has 0 aromatic carbocycles. The zero-order valence-corrected chi connectivity index (χ0v) is 9.61. The lowest BCUT2D eigenvalue weighted by atomic mass is 10.7. The molecule has 68 valence electrons. The van der Waals surface area contributed by atoms with Gasteiger partial charge in [-0.2, -0.15) is 0 Å². The monoisotopic (exact) mass is 291 g/mol. The van der Waals surface area contributed by atoms with Gasteiger partial charge in [0.1, 0.15) is 0 Å². The molecule has 0 saturated carbocycles. The first kappa shape index (κ1) is 11.6. The molecular formula is C6H14INO2S. The topological polar surface area (TPSA) is 46.2 Å². The van der Waals surface area contributed by atoms with Gasteiger partial charge >= 0.3 is 0 Å². The van der Waals surface area contributed by atoms with Gasteiger partial charge < -0.3 is 5.32 Å². The summed E-state index contributed by atoms with van der Waals surface area (Å²) >= 11 is 2.25. The summed E-state index contributed by atoms with van der Waals surface area (Å²) in [5.74, 6) is 0.513. The van der Waals surface area contributed by atoms with Gasteiger partial charge in [0.05, 0.1) is 5.75 Å². The predicted octanol–water partition coefficient (Wildman–Crippen LogP) is 0.446. The van der Waals surface area contributed by atoms with E-state index in [4.69, 9.17) is 0 Å². The van der Waals surface area contributed by atoms with Crippen molar-refractivity contribution in [2.45, 2.75) is 6.92 Å². The number of nitrogens with one attached hydrogen (secondary N) is 1.